The Kier molecular flexibility index (Phi) is 5.42. The van der Waals surface area contributed by atoms with E-state index < -0.39 is 29.6 Å². The van der Waals surface area contributed by atoms with Crippen LogP contribution in [-0.2, 0) is 0 Å². The molecule has 0 unspecified atom stereocenters. The van der Waals surface area contributed by atoms with Gasteiger partial charge in [0.1, 0.15) is 11.3 Å². The van der Waals surface area contributed by atoms with Gasteiger partial charge in [-0.05, 0) is 37.3 Å². The van der Waals surface area contributed by atoms with E-state index in [1.165, 1.54) is 18.2 Å². The molecule has 0 fully saturated rings. The monoisotopic (exact) mass is 357 g/mol. The average molecular weight is 357 g/mol. The van der Waals surface area contributed by atoms with E-state index >= 15 is 0 Å². The Morgan fingerprint density at radius 3 is 2.56 bits per heavy atom. The van der Waals surface area contributed by atoms with Gasteiger partial charge in [-0.1, -0.05) is 0 Å². The number of H-pyrrole nitrogens is 1. The minimum Gasteiger partial charge on any atom is -0.406 e. The summed E-state index contributed by atoms with van der Waals surface area (Å²) in [6.07, 6.45) is -4.80. The highest BCUT2D eigenvalue weighted by molar-refractivity contribution is 5.94. The number of aliphatic hydroxyl groups excluding tert-OH is 1. The summed E-state index contributed by atoms with van der Waals surface area (Å²) in [5, 5.41) is 17.3. The quantitative estimate of drug-likeness (QED) is 0.751. The molecule has 7 nitrogen and oxygen atoms in total. The molecule has 1 aromatic carbocycles. The number of aromatic amines is 1. The third-order valence-corrected chi connectivity index (χ3v) is 3.08. The van der Waals surface area contributed by atoms with Crippen molar-refractivity contribution in [2.24, 2.45) is 0 Å². The van der Waals surface area contributed by atoms with E-state index in [0.29, 0.717) is 5.56 Å². The summed E-state index contributed by atoms with van der Waals surface area (Å²) >= 11 is 0. The van der Waals surface area contributed by atoms with Crippen LogP contribution in [0.4, 0.5) is 13.2 Å². The number of hydrogen-bond acceptors (Lipinski definition) is 5. The number of nitrogens with zero attached hydrogens (tertiary/aromatic N) is 1. The second-order valence-corrected chi connectivity index (χ2v) is 5.13. The van der Waals surface area contributed by atoms with Crippen molar-refractivity contribution in [2.45, 2.75) is 19.3 Å². The largest absolute Gasteiger partial charge is 0.573 e. The molecule has 2 rings (SSSR count). The van der Waals surface area contributed by atoms with Crippen molar-refractivity contribution in [3.8, 4) is 17.0 Å². The van der Waals surface area contributed by atoms with Crippen LogP contribution in [0, 0.1) is 0 Å². The molecule has 0 saturated heterocycles. The van der Waals surface area contributed by atoms with Crippen LogP contribution in [0.15, 0.2) is 35.1 Å². The summed E-state index contributed by atoms with van der Waals surface area (Å²) in [5.74, 6) is -1.11. The number of benzene rings is 1. The van der Waals surface area contributed by atoms with Gasteiger partial charge in [-0.25, -0.2) is 5.10 Å². The first-order valence-electron chi connectivity index (χ1n) is 7.07. The zero-order valence-electron chi connectivity index (χ0n) is 12.9. The summed E-state index contributed by atoms with van der Waals surface area (Å²) in [4.78, 5) is 23.8. The fourth-order valence-corrected chi connectivity index (χ4v) is 1.90. The van der Waals surface area contributed by atoms with Gasteiger partial charge >= 0.3 is 6.36 Å². The number of ether oxygens (including phenoxy) is 1. The zero-order valence-corrected chi connectivity index (χ0v) is 12.9. The van der Waals surface area contributed by atoms with Crippen LogP contribution in [0.3, 0.4) is 0 Å². The van der Waals surface area contributed by atoms with Gasteiger partial charge in [0.15, 0.2) is 0 Å². The van der Waals surface area contributed by atoms with Gasteiger partial charge in [0.05, 0.1) is 12.3 Å². The second-order valence-electron chi connectivity index (χ2n) is 5.13. The van der Waals surface area contributed by atoms with Crippen molar-refractivity contribution in [3.63, 3.8) is 0 Å². The van der Waals surface area contributed by atoms with Crippen LogP contribution in [0.1, 0.15) is 17.3 Å². The maximum Gasteiger partial charge on any atom is 0.573 e. The molecule has 1 aromatic heterocycles. The van der Waals surface area contributed by atoms with Gasteiger partial charge in [-0.2, -0.15) is 5.10 Å². The molecule has 2 aromatic rings. The minimum absolute atomic E-state index is 0.181. The van der Waals surface area contributed by atoms with Gasteiger partial charge < -0.3 is 15.2 Å². The molecule has 10 heteroatoms. The van der Waals surface area contributed by atoms with E-state index in [0.717, 1.165) is 12.1 Å². The maximum absolute atomic E-state index is 12.1. The topological polar surface area (TPSA) is 104 Å². The normalized spacial score (nSPS) is 12.5. The van der Waals surface area contributed by atoms with Crippen molar-refractivity contribution >= 4 is 5.91 Å². The van der Waals surface area contributed by atoms with Crippen molar-refractivity contribution in [1.29, 1.82) is 0 Å². The molecule has 1 amide bonds. The van der Waals surface area contributed by atoms with Crippen LogP contribution in [0.5, 0.6) is 5.75 Å². The molecule has 0 radical (unpaired) electrons. The molecule has 0 aliphatic heterocycles. The van der Waals surface area contributed by atoms with E-state index in [9.17, 15) is 22.8 Å². The summed E-state index contributed by atoms with van der Waals surface area (Å²) < 4.78 is 40.2. The minimum atomic E-state index is -4.80. The second kappa shape index (κ2) is 7.34. The number of alkyl halides is 3. The summed E-state index contributed by atoms with van der Waals surface area (Å²) in [5.41, 5.74) is -0.417. The predicted molar refractivity (Wildman–Crippen MR) is 81.0 cm³/mol. The number of carbonyl (C=O) groups is 1. The van der Waals surface area contributed by atoms with Gasteiger partial charge in [0.2, 0.25) is 0 Å². The molecule has 0 aliphatic carbocycles. The lowest BCUT2D eigenvalue weighted by Gasteiger charge is -2.11. The van der Waals surface area contributed by atoms with Crippen LogP contribution < -0.4 is 15.6 Å². The van der Waals surface area contributed by atoms with Crippen LogP contribution in [-0.4, -0.2) is 40.2 Å². The number of amides is 1. The third kappa shape index (κ3) is 5.05. The first-order valence-corrected chi connectivity index (χ1v) is 7.07. The number of halogens is 3. The Bertz CT molecular complexity index is 803. The van der Waals surface area contributed by atoms with Gasteiger partial charge in [-0.15, -0.1) is 13.2 Å². The predicted octanol–water partition coefficient (Wildman–Crippen LogP) is 1.45. The van der Waals surface area contributed by atoms with Crippen LogP contribution in [0.2, 0.25) is 0 Å². The highest BCUT2D eigenvalue weighted by Gasteiger charge is 2.31. The van der Waals surface area contributed by atoms with E-state index in [4.69, 9.17) is 5.11 Å². The molecule has 134 valence electrons. The van der Waals surface area contributed by atoms with Gasteiger partial charge in [-0.3, -0.25) is 9.59 Å². The number of carbonyl (C=O) groups excluding carboxylic acids is 1. The Morgan fingerprint density at radius 2 is 2.00 bits per heavy atom. The highest BCUT2D eigenvalue weighted by atomic mass is 19.4. The lowest BCUT2D eigenvalue weighted by atomic mass is 10.1. The molecule has 0 saturated carbocycles. The number of aliphatic hydroxyl groups is 1. The fraction of sp³-hybridized carbons (Fsp3) is 0.267. The molecule has 25 heavy (non-hydrogen) atoms. The highest BCUT2D eigenvalue weighted by Crippen LogP contribution is 2.25. The summed E-state index contributed by atoms with van der Waals surface area (Å²) in [6.45, 7) is 1.25. The maximum atomic E-state index is 12.1. The lowest BCUT2D eigenvalue weighted by Crippen LogP contribution is -2.38. The van der Waals surface area contributed by atoms with E-state index in [-0.39, 0.29) is 17.9 Å². The molecule has 0 spiro atoms. The van der Waals surface area contributed by atoms with Crippen LogP contribution >= 0.6 is 0 Å². The Morgan fingerprint density at radius 1 is 1.36 bits per heavy atom. The van der Waals surface area contributed by atoms with Crippen molar-refractivity contribution in [1.82, 2.24) is 15.5 Å². The van der Waals surface area contributed by atoms with Crippen molar-refractivity contribution in [2.75, 3.05) is 6.61 Å². The molecule has 1 heterocycles. The molecular formula is C15H14F3N3O4. The average Bonchev–Trinajstić information content (AvgIpc) is 2.54. The standard InChI is InChI=1S/C15H14F3N3O4/c1-8(7-22)19-13(23)11-6-12(20-21-14(11)24)9-2-4-10(5-3-9)25-15(16,17)18/h2-6,8,22H,7H2,1H3,(H,19,23)(H,21,24)/t8-/m0/s1. The molecule has 0 aliphatic rings. The first kappa shape index (κ1) is 18.5. The molecule has 3 N–H and O–H groups in total. The zero-order chi connectivity index (χ0) is 18.6. The van der Waals surface area contributed by atoms with E-state index in [1.807, 2.05) is 0 Å². The SMILES string of the molecule is C[C@@H](CO)NC(=O)c1cc(-c2ccc(OC(F)(F)F)cc2)n[nH]c1=O. The Balaban J connectivity index is 2.27. The fourth-order valence-electron chi connectivity index (χ4n) is 1.90. The van der Waals surface area contributed by atoms with Gasteiger partial charge in [0.25, 0.3) is 11.5 Å². The Labute approximate surface area is 139 Å². The molecular weight excluding hydrogens is 343 g/mol. The number of hydrogen-bond donors (Lipinski definition) is 3. The van der Waals surface area contributed by atoms with E-state index in [1.54, 1.807) is 6.92 Å². The van der Waals surface area contributed by atoms with Crippen LogP contribution in [0.25, 0.3) is 11.3 Å². The molecule has 0 bridgehead atoms. The smallest absolute Gasteiger partial charge is 0.406 e. The van der Waals surface area contributed by atoms with Crippen molar-refractivity contribution in [3.05, 3.63) is 46.2 Å². The number of aromatic nitrogens is 2. The third-order valence-electron chi connectivity index (χ3n) is 3.08. The summed E-state index contributed by atoms with van der Waals surface area (Å²) in [6, 6.07) is 5.44. The molecule has 1 atom stereocenters. The number of nitrogens with one attached hydrogen (secondary N) is 2. The van der Waals surface area contributed by atoms with Gasteiger partial charge in [0, 0.05) is 11.6 Å². The number of rotatable bonds is 5. The van der Waals surface area contributed by atoms with Crippen molar-refractivity contribution < 1.29 is 27.8 Å². The lowest BCUT2D eigenvalue weighted by molar-refractivity contribution is -0.274. The Hall–Kier alpha value is -2.88. The van der Waals surface area contributed by atoms with E-state index in [2.05, 4.69) is 20.3 Å². The first-order chi connectivity index (χ1) is 11.7. The summed E-state index contributed by atoms with van der Waals surface area (Å²) in [7, 11) is 0.